The SMILES string of the molecule is CC(C)(C)OC1CCNC1C=O. The van der Waals surface area contributed by atoms with E-state index >= 15 is 0 Å². The van der Waals surface area contributed by atoms with Gasteiger partial charge in [-0.3, -0.25) is 0 Å². The predicted molar refractivity (Wildman–Crippen MR) is 47.1 cm³/mol. The van der Waals surface area contributed by atoms with Crippen LogP contribution in [0, 0.1) is 0 Å². The van der Waals surface area contributed by atoms with Crippen molar-refractivity contribution in [3.8, 4) is 0 Å². The van der Waals surface area contributed by atoms with Gasteiger partial charge in [-0.05, 0) is 33.7 Å². The molecule has 0 aliphatic carbocycles. The molecule has 1 aliphatic heterocycles. The van der Waals surface area contributed by atoms with Gasteiger partial charge in [0, 0.05) is 0 Å². The van der Waals surface area contributed by atoms with Crippen LogP contribution in [0.2, 0.25) is 0 Å². The van der Waals surface area contributed by atoms with Gasteiger partial charge in [0.2, 0.25) is 0 Å². The number of hydrogen-bond donors (Lipinski definition) is 1. The van der Waals surface area contributed by atoms with Gasteiger partial charge in [0.25, 0.3) is 0 Å². The number of carbonyl (C=O) groups is 1. The first-order chi connectivity index (χ1) is 5.53. The molecule has 0 spiro atoms. The van der Waals surface area contributed by atoms with Crippen LogP contribution in [0.5, 0.6) is 0 Å². The molecule has 3 nitrogen and oxygen atoms in total. The van der Waals surface area contributed by atoms with Crippen molar-refractivity contribution in [2.75, 3.05) is 6.54 Å². The fraction of sp³-hybridized carbons (Fsp3) is 0.889. The molecule has 0 aromatic carbocycles. The lowest BCUT2D eigenvalue weighted by Crippen LogP contribution is -2.38. The maximum atomic E-state index is 10.6. The molecule has 0 bridgehead atoms. The molecule has 0 saturated carbocycles. The fourth-order valence-electron chi connectivity index (χ4n) is 1.43. The Morgan fingerprint density at radius 2 is 2.17 bits per heavy atom. The Kier molecular flexibility index (Phi) is 2.85. The molecule has 2 unspecified atom stereocenters. The second-order valence-corrected chi connectivity index (χ2v) is 4.17. The lowest BCUT2D eigenvalue weighted by molar-refractivity contribution is -0.116. The third-order valence-corrected chi connectivity index (χ3v) is 1.86. The first-order valence-corrected chi connectivity index (χ1v) is 4.39. The first-order valence-electron chi connectivity index (χ1n) is 4.39. The Bertz CT molecular complexity index is 162. The zero-order valence-corrected chi connectivity index (χ0v) is 7.96. The van der Waals surface area contributed by atoms with Crippen LogP contribution in [0.4, 0.5) is 0 Å². The Labute approximate surface area is 73.5 Å². The molecule has 1 heterocycles. The van der Waals surface area contributed by atoms with E-state index in [4.69, 9.17) is 4.74 Å². The van der Waals surface area contributed by atoms with Gasteiger partial charge < -0.3 is 14.8 Å². The maximum absolute atomic E-state index is 10.6. The smallest absolute Gasteiger partial charge is 0.139 e. The zero-order chi connectivity index (χ0) is 9.19. The molecule has 0 radical (unpaired) electrons. The van der Waals surface area contributed by atoms with Crippen molar-refractivity contribution in [3.63, 3.8) is 0 Å². The van der Waals surface area contributed by atoms with Crippen LogP contribution in [0.25, 0.3) is 0 Å². The van der Waals surface area contributed by atoms with Crippen molar-refractivity contribution in [3.05, 3.63) is 0 Å². The van der Waals surface area contributed by atoms with E-state index in [9.17, 15) is 4.79 Å². The van der Waals surface area contributed by atoms with Gasteiger partial charge in [0.15, 0.2) is 0 Å². The molecule has 1 saturated heterocycles. The predicted octanol–water partition coefficient (Wildman–Crippen LogP) is 0.731. The summed E-state index contributed by atoms with van der Waals surface area (Å²) in [6.45, 7) is 6.90. The molecule has 0 amide bonds. The Morgan fingerprint density at radius 1 is 1.50 bits per heavy atom. The van der Waals surface area contributed by atoms with E-state index in [1.54, 1.807) is 0 Å². The van der Waals surface area contributed by atoms with E-state index in [1.165, 1.54) is 0 Å². The quantitative estimate of drug-likeness (QED) is 0.622. The van der Waals surface area contributed by atoms with Gasteiger partial charge in [-0.15, -0.1) is 0 Å². The highest BCUT2D eigenvalue weighted by atomic mass is 16.5. The standard InChI is InChI=1S/C9H17NO2/c1-9(2,3)12-8-4-5-10-7(8)6-11/h6-8,10H,4-5H2,1-3H3. The normalized spacial score (nSPS) is 30.6. The molecule has 0 aromatic rings. The van der Waals surface area contributed by atoms with E-state index < -0.39 is 0 Å². The minimum absolute atomic E-state index is 0.0579. The zero-order valence-electron chi connectivity index (χ0n) is 7.96. The third-order valence-electron chi connectivity index (χ3n) is 1.86. The highest BCUT2D eigenvalue weighted by molar-refractivity contribution is 5.59. The van der Waals surface area contributed by atoms with Crippen molar-refractivity contribution in [1.29, 1.82) is 0 Å². The van der Waals surface area contributed by atoms with Gasteiger partial charge in [0.1, 0.15) is 6.29 Å². The molecule has 12 heavy (non-hydrogen) atoms. The summed E-state index contributed by atoms with van der Waals surface area (Å²) in [5.41, 5.74) is -0.155. The average molecular weight is 171 g/mol. The van der Waals surface area contributed by atoms with Gasteiger partial charge >= 0.3 is 0 Å². The van der Waals surface area contributed by atoms with Gasteiger partial charge in [-0.2, -0.15) is 0 Å². The van der Waals surface area contributed by atoms with Gasteiger partial charge in [-0.1, -0.05) is 0 Å². The number of rotatable bonds is 2. The minimum Gasteiger partial charge on any atom is -0.370 e. The molecule has 1 fully saturated rings. The summed E-state index contributed by atoms with van der Waals surface area (Å²) < 4.78 is 5.71. The van der Waals surface area contributed by atoms with Gasteiger partial charge in [0.05, 0.1) is 17.7 Å². The third kappa shape index (κ3) is 2.57. The highest BCUT2D eigenvalue weighted by Gasteiger charge is 2.30. The first kappa shape index (κ1) is 9.68. The molecule has 1 N–H and O–H groups in total. The maximum Gasteiger partial charge on any atom is 0.139 e. The lowest BCUT2D eigenvalue weighted by Gasteiger charge is -2.26. The van der Waals surface area contributed by atoms with Crippen LogP contribution in [0.1, 0.15) is 27.2 Å². The minimum atomic E-state index is -0.155. The summed E-state index contributed by atoms with van der Waals surface area (Å²) in [5.74, 6) is 0. The van der Waals surface area contributed by atoms with Crippen LogP contribution < -0.4 is 5.32 Å². The van der Waals surface area contributed by atoms with Crippen molar-refractivity contribution >= 4 is 6.29 Å². The molecule has 70 valence electrons. The summed E-state index contributed by atoms with van der Waals surface area (Å²) in [4.78, 5) is 10.6. The monoisotopic (exact) mass is 171 g/mol. The van der Waals surface area contributed by atoms with Crippen LogP contribution in [0.15, 0.2) is 0 Å². The van der Waals surface area contributed by atoms with E-state index in [0.29, 0.717) is 0 Å². The number of ether oxygens (including phenoxy) is 1. The molecule has 2 atom stereocenters. The fourth-order valence-corrected chi connectivity index (χ4v) is 1.43. The van der Waals surface area contributed by atoms with Crippen molar-refractivity contribution in [2.45, 2.75) is 44.9 Å². The summed E-state index contributed by atoms with van der Waals surface area (Å²) in [7, 11) is 0. The van der Waals surface area contributed by atoms with E-state index in [-0.39, 0.29) is 17.7 Å². The number of hydrogen-bond acceptors (Lipinski definition) is 3. The number of carbonyl (C=O) groups excluding carboxylic acids is 1. The molecular weight excluding hydrogens is 154 g/mol. The Balaban J connectivity index is 2.46. The second kappa shape index (κ2) is 3.54. The van der Waals surface area contributed by atoms with Crippen molar-refractivity contribution in [2.24, 2.45) is 0 Å². The topological polar surface area (TPSA) is 38.3 Å². The van der Waals surface area contributed by atoms with Gasteiger partial charge in [-0.25, -0.2) is 0 Å². The summed E-state index contributed by atoms with van der Waals surface area (Å²) >= 11 is 0. The second-order valence-electron chi connectivity index (χ2n) is 4.17. The summed E-state index contributed by atoms with van der Waals surface area (Å²) in [5, 5.41) is 3.09. The van der Waals surface area contributed by atoms with E-state index in [2.05, 4.69) is 5.32 Å². The van der Waals surface area contributed by atoms with Crippen LogP contribution in [-0.4, -0.2) is 30.6 Å². The van der Waals surface area contributed by atoms with Crippen LogP contribution in [0.3, 0.4) is 0 Å². The Hall–Kier alpha value is -0.410. The van der Waals surface area contributed by atoms with Crippen LogP contribution >= 0.6 is 0 Å². The lowest BCUT2D eigenvalue weighted by atomic mass is 10.1. The summed E-state index contributed by atoms with van der Waals surface area (Å²) in [6.07, 6.45) is 1.92. The highest BCUT2D eigenvalue weighted by Crippen LogP contribution is 2.18. The van der Waals surface area contributed by atoms with Crippen LogP contribution in [-0.2, 0) is 9.53 Å². The summed E-state index contributed by atoms with van der Waals surface area (Å²) in [6, 6.07) is -0.107. The van der Waals surface area contributed by atoms with Crippen molar-refractivity contribution in [1.82, 2.24) is 5.32 Å². The van der Waals surface area contributed by atoms with E-state index in [0.717, 1.165) is 19.3 Å². The molecule has 1 aliphatic rings. The largest absolute Gasteiger partial charge is 0.370 e. The number of aldehydes is 1. The number of nitrogens with one attached hydrogen (secondary N) is 1. The Morgan fingerprint density at radius 3 is 2.67 bits per heavy atom. The molecule has 0 aromatic heterocycles. The molecular formula is C9H17NO2. The molecule has 3 heteroatoms. The average Bonchev–Trinajstić information content (AvgIpc) is 2.31. The van der Waals surface area contributed by atoms with E-state index in [1.807, 2.05) is 20.8 Å². The molecule has 1 rings (SSSR count). The van der Waals surface area contributed by atoms with Crippen molar-refractivity contribution < 1.29 is 9.53 Å².